The molecule has 0 aromatic heterocycles. The number of nitrogens with zero attached hydrogens (tertiary/aromatic N) is 1. The molecule has 0 saturated carbocycles. The summed E-state index contributed by atoms with van der Waals surface area (Å²) in [5.74, 6) is 0.223. The first-order valence-corrected chi connectivity index (χ1v) is 7.75. The number of piperazine rings is 1. The van der Waals surface area contributed by atoms with Crippen LogP contribution < -0.4 is 10.6 Å². The Labute approximate surface area is 122 Å². The second-order valence-electron chi connectivity index (χ2n) is 5.62. The van der Waals surface area contributed by atoms with Gasteiger partial charge in [-0.2, -0.15) is 0 Å². The molecule has 1 saturated heterocycles. The van der Waals surface area contributed by atoms with Crippen LogP contribution in [0.1, 0.15) is 20.8 Å². The molecule has 1 aliphatic carbocycles. The zero-order chi connectivity index (χ0) is 14.6. The number of ketones is 1. The van der Waals surface area contributed by atoms with E-state index in [0.717, 1.165) is 32.7 Å². The first-order valence-electron chi connectivity index (χ1n) is 7.75. The minimum Gasteiger partial charge on any atom is -0.314 e. The molecule has 0 spiro atoms. The first kappa shape index (κ1) is 15.4. The van der Waals surface area contributed by atoms with E-state index >= 15 is 0 Å². The van der Waals surface area contributed by atoms with E-state index in [2.05, 4.69) is 42.4 Å². The minimum absolute atomic E-state index is 0.153. The summed E-state index contributed by atoms with van der Waals surface area (Å²) in [4.78, 5) is 15.1. The predicted molar refractivity (Wildman–Crippen MR) is 82.8 cm³/mol. The molecule has 0 aromatic rings. The number of hydrogen-bond acceptors (Lipinski definition) is 4. The summed E-state index contributed by atoms with van der Waals surface area (Å²) in [6.45, 7) is 11.2. The van der Waals surface area contributed by atoms with Crippen molar-refractivity contribution < 1.29 is 4.79 Å². The number of allylic oxidation sites excluding steroid dienone is 3. The smallest absolute Gasteiger partial charge is 0.168 e. The van der Waals surface area contributed by atoms with E-state index in [9.17, 15) is 4.79 Å². The van der Waals surface area contributed by atoms with Gasteiger partial charge < -0.3 is 10.6 Å². The van der Waals surface area contributed by atoms with Crippen molar-refractivity contribution in [1.82, 2.24) is 15.5 Å². The maximum absolute atomic E-state index is 12.8. The number of carbonyl (C=O) groups is 1. The second kappa shape index (κ2) is 6.66. The fourth-order valence-corrected chi connectivity index (χ4v) is 3.57. The minimum atomic E-state index is -0.464. The highest BCUT2D eigenvalue weighted by Crippen LogP contribution is 2.36. The number of nitrogens with one attached hydrogen (secondary N) is 2. The van der Waals surface area contributed by atoms with Gasteiger partial charge in [0.1, 0.15) is 0 Å². The molecule has 1 fully saturated rings. The van der Waals surface area contributed by atoms with E-state index in [1.54, 1.807) is 6.08 Å². The number of rotatable bonds is 5. The third-order valence-corrected chi connectivity index (χ3v) is 4.83. The summed E-state index contributed by atoms with van der Waals surface area (Å²) >= 11 is 0. The molecule has 4 nitrogen and oxygen atoms in total. The van der Waals surface area contributed by atoms with Gasteiger partial charge in [0, 0.05) is 31.7 Å². The third kappa shape index (κ3) is 2.60. The fourth-order valence-electron chi connectivity index (χ4n) is 3.57. The Morgan fingerprint density at radius 2 is 2.10 bits per heavy atom. The Hall–Kier alpha value is -0.970. The normalized spacial score (nSPS) is 31.8. The van der Waals surface area contributed by atoms with E-state index in [1.165, 1.54) is 0 Å². The van der Waals surface area contributed by atoms with Gasteiger partial charge in [0.05, 0.1) is 5.41 Å². The topological polar surface area (TPSA) is 44.4 Å². The highest BCUT2D eigenvalue weighted by molar-refractivity contribution is 5.99. The highest BCUT2D eigenvalue weighted by atomic mass is 16.1. The van der Waals surface area contributed by atoms with E-state index in [0.29, 0.717) is 0 Å². The molecule has 20 heavy (non-hydrogen) atoms. The summed E-state index contributed by atoms with van der Waals surface area (Å²) < 4.78 is 0. The molecule has 2 rings (SSSR count). The van der Waals surface area contributed by atoms with Gasteiger partial charge in [-0.25, -0.2) is 0 Å². The van der Waals surface area contributed by atoms with Crippen molar-refractivity contribution >= 4 is 5.78 Å². The molecule has 3 unspecified atom stereocenters. The summed E-state index contributed by atoms with van der Waals surface area (Å²) in [6.07, 6.45) is 7.72. The lowest BCUT2D eigenvalue weighted by Crippen LogP contribution is -2.65. The van der Waals surface area contributed by atoms with Crippen molar-refractivity contribution in [2.75, 3.05) is 32.7 Å². The van der Waals surface area contributed by atoms with Gasteiger partial charge in [-0.1, -0.05) is 32.1 Å². The molecule has 0 amide bonds. The fraction of sp³-hybridized carbons (Fsp3) is 0.688. The van der Waals surface area contributed by atoms with Crippen molar-refractivity contribution in [3.63, 3.8) is 0 Å². The molecule has 4 heteroatoms. The van der Waals surface area contributed by atoms with Crippen LogP contribution in [-0.2, 0) is 4.79 Å². The lowest BCUT2D eigenvalue weighted by Gasteiger charge is -2.47. The molecule has 1 aliphatic heterocycles. The molecule has 0 radical (unpaired) electrons. The summed E-state index contributed by atoms with van der Waals surface area (Å²) in [6, 6.07) is 0.337. The maximum Gasteiger partial charge on any atom is 0.168 e. The Morgan fingerprint density at radius 1 is 1.35 bits per heavy atom. The quantitative estimate of drug-likeness (QED) is 0.786. The van der Waals surface area contributed by atoms with Crippen LogP contribution in [0, 0.1) is 5.41 Å². The van der Waals surface area contributed by atoms with Crippen molar-refractivity contribution in [3.05, 3.63) is 24.3 Å². The van der Waals surface area contributed by atoms with Gasteiger partial charge in [0.2, 0.25) is 0 Å². The largest absolute Gasteiger partial charge is 0.314 e. The Kier molecular flexibility index (Phi) is 5.13. The molecular formula is C16H27N3O. The van der Waals surface area contributed by atoms with Crippen LogP contribution in [-0.4, -0.2) is 55.5 Å². The van der Waals surface area contributed by atoms with Crippen LogP contribution in [0.3, 0.4) is 0 Å². The highest BCUT2D eigenvalue weighted by Gasteiger charge is 2.49. The molecular weight excluding hydrogens is 250 g/mol. The van der Waals surface area contributed by atoms with Crippen LogP contribution in [0.25, 0.3) is 0 Å². The number of carbonyl (C=O) groups excluding carboxylic acids is 1. The SMILES string of the molecule is CCN(CC)C(C)C1(C2CNCCN2)C=CC=CC1=O. The summed E-state index contributed by atoms with van der Waals surface area (Å²) in [7, 11) is 0. The third-order valence-electron chi connectivity index (χ3n) is 4.83. The zero-order valence-corrected chi connectivity index (χ0v) is 12.9. The van der Waals surface area contributed by atoms with Gasteiger partial charge in [-0.3, -0.25) is 9.69 Å². The first-order chi connectivity index (χ1) is 9.66. The Bertz CT molecular complexity index is 395. The van der Waals surface area contributed by atoms with Gasteiger partial charge in [-0.15, -0.1) is 0 Å². The average molecular weight is 277 g/mol. The maximum atomic E-state index is 12.8. The van der Waals surface area contributed by atoms with Crippen LogP contribution in [0.2, 0.25) is 0 Å². The van der Waals surface area contributed by atoms with Gasteiger partial charge in [0.15, 0.2) is 5.78 Å². The average Bonchev–Trinajstić information content (AvgIpc) is 2.50. The summed E-state index contributed by atoms with van der Waals surface area (Å²) in [5.41, 5.74) is -0.464. The lowest BCUT2D eigenvalue weighted by atomic mass is 9.68. The lowest BCUT2D eigenvalue weighted by molar-refractivity contribution is -0.126. The second-order valence-corrected chi connectivity index (χ2v) is 5.62. The molecule has 0 aromatic carbocycles. The van der Waals surface area contributed by atoms with Crippen LogP contribution in [0.5, 0.6) is 0 Å². The van der Waals surface area contributed by atoms with Crippen molar-refractivity contribution in [3.8, 4) is 0 Å². The van der Waals surface area contributed by atoms with Crippen LogP contribution >= 0.6 is 0 Å². The van der Waals surface area contributed by atoms with E-state index in [-0.39, 0.29) is 17.9 Å². The zero-order valence-electron chi connectivity index (χ0n) is 12.9. The molecule has 0 bridgehead atoms. The van der Waals surface area contributed by atoms with Gasteiger partial charge in [0.25, 0.3) is 0 Å². The van der Waals surface area contributed by atoms with Gasteiger partial charge >= 0.3 is 0 Å². The van der Waals surface area contributed by atoms with Crippen molar-refractivity contribution in [1.29, 1.82) is 0 Å². The van der Waals surface area contributed by atoms with Crippen molar-refractivity contribution in [2.24, 2.45) is 5.41 Å². The number of hydrogen-bond donors (Lipinski definition) is 2. The molecule has 2 N–H and O–H groups in total. The van der Waals surface area contributed by atoms with E-state index in [4.69, 9.17) is 0 Å². The van der Waals surface area contributed by atoms with Crippen LogP contribution in [0.4, 0.5) is 0 Å². The van der Waals surface area contributed by atoms with Crippen molar-refractivity contribution in [2.45, 2.75) is 32.9 Å². The van der Waals surface area contributed by atoms with E-state index in [1.807, 2.05) is 12.2 Å². The Morgan fingerprint density at radius 3 is 2.65 bits per heavy atom. The van der Waals surface area contributed by atoms with Gasteiger partial charge in [-0.05, 0) is 26.1 Å². The van der Waals surface area contributed by atoms with E-state index < -0.39 is 5.41 Å². The summed E-state index contributed by atoms with van der Waals surface area (Å²) in [5, 5.41) is 6.96. The molecule has 1 heterocycles. The molecule has 3 atom stereocenters. The monoisotopic (exact) mass is 277 g/mol. The van der Waals surface area contributed by atoms with Crippen LogP contribution in [0.15, 0.2) is 24.3 Å². The standard InChI is InChI=1S/C16H27N3O/c1-4-19(5-2)13(3)16(9-7-6-8-15(16)20)14-12-17-10-11-18-14/h6-9,13-14,17-18H,4-5,10-12H2,1-3H3. The predicted octanol–water partition coefficient (Wildman–Crippen LogP) is 0.960. The molecule has 2 aliphatic rings. The molecule has 112 valence electrons. The Balaban J connectivity index is 2.35.